The Morgan fingerprint density at radius 2 is 2.20 bits per heavy atom. The van der Waals surface area contributed by atoms with E-state index >= 15 is 0 Å². The smallest absolute Gasteiger partial charge is 0.325 e. The minimum absolute atomic E-state index is 0.0830. The van der Waals surface area contributed by atoms with E-state index in [2.05, 4.69) is 15.4 Å². The fraction of sp³-hybridized carbons (Fsp3) is 0.778. The third-order valence-corrected chi connectivity index (χ3v) is 2.08. The Morgan fingerprint density at radius 1 is 1.47 bits per heavy atom. The summed E-state index contributed by atoms with van der Waals surface area (Å²) in [5, 5.41) is 5.49. The second kappa shape index (κ2) is 6.36. The van der Waals surface area contributed by atoms with E-state index in [0.29, 0.717) is 6.61 Å². The van der Waals surface area contributed by atoms with E-state index < -0.39 is 5.97 Å². The Labute approximate surface area is 88.3 Å². The number of esters is 1. The van der Waals surface area contributed by atoms with E-state index in [9.17, 15) is 9.59 Å². The highest BCUT2D eigenvalue weighted by molar-refractivity contribution is 5.81. The molecule has 1 aliphatic rings. The number of hydrogen-bond donors (Lipinski definition) is 2. The van der Waals surface area contributed by atoms with Gasteiger partial charge >= 0.3 is 5.97 Å². The first-order valence-corrected chi connectivity index (χ1v) is 4.88. The molecule has 1 rings (SSSR count). The van der Waals surface area contributed by atoms with Gasteiger partial charge in [0, 0.05) is 19.5 Å². The molecule has 6 nitrogen and oxygen atoms in total. The van der Waals surface area contributed by atoms with Crippen LogP contribution in [-0.4, -0.2) is 51.3 Å². The summed E-state index contributed by atoms with van der Waals surface area (Å²) >= 11 is 0. The van der Waals surface area contributed by atoms with Gasteiger partial charge in [0.05, 0.1) is 19.8 Å². The number of hydrogen-bond acceptors (Lipinski definition) is 5. The Bertz CT molecular complexity index is 228. The number of methoxy groups -OCH3 is 1. The van der Waals surface area contributed by atoms with Crippen molar-refractivity contribution >= 4 is 11.9 Å². The number of amides is 1. The van der Waals surface area contributed by atoms with Crippen LogP contribution in [0.5, 0.6) is 0 Å². The van der Waals surface area contributed by atoms with Gasteiger partial charge in [-0.15, -0.1) is 0 Å². The molecular formula is C9H16N2O4. The van der Waals surface area contributed by atoms with Gasteiger partial charge in [-0.1, -0.05) is 0 Å². The maximum atomic E-state index is 11.1. The molecule has 0 aromatic heterocycles. The van der Waals surface area contributed by atoms with Crippen LogP contribution in [0.25, 0.3) is 0 Å². The molecule has 1 aliphatic heterocycles. The van der Waals surface area contributed by atoms with Crippen LogP contribution in [0.3, 0.4) is 0 Å². The van der Waals surface area contributed by atoms with Crippen LogP contribution in [0.15, 0.2) is 0 Å². The molecule has 86 valence electrons. The van der Waals surface area contributed by atoms with Gasteiger partial charge in [-0.25, -0.2) is 0 Å². The first-order valence-electron chi connectivity index (χ1n) is 4.88. The Hall–Kier alpha value is -1.14. The Balaban J connectivity index is 1.95. The van der Waals surface area contributed by atoms with Gasteiger partial charge in [0.1, 0.15) is 6.54 Å². The lowest BCUT2D eigenvalue weighted by molar-refractivity contribution is -0.141. The molecule has 1 saturated heterocycles. The Kier molecular flexibility index (Phi) is 5.06. The molecule has 0 aromatic carbocycles. The van der Waals surface area contributed by atoms with Crippen molar-refractivity contribution in [3.05, 3.63) is 0 Å². The quantitative estimate of drug-likeness (QED) is 0.537. The van der Waals surface area contributed by atoms with E-state index in [0.717, 1.165) is 13.1 Å². The molecule has 0 spiro atoms. The predicted octanol–water partition coefficient (Wildman–Crippen LogP) is -1.35. The highest BCUT2D eigenvalue weighted by Crippen LogP contribution is 1.98. The van der Waals surface area contributed by atoms with E-state index in [-0.39, 0.29) is 25.0 Å². The molecule has 0 aromatic rings. The van der Waals surface area contributed by atoms with E-state index in [1.807, 2.05) is 0 Å². The molecule has 0 atom stereocenters. The molecule has 2 N–H and O–H groups in total. The van der Waals surface area contributed by atoms with Gasteiger partial charge in [0.15, 0.2) is 0 Å². The molecule has 0 aliphatic carbocycles. The normalized spacial score (nSPS) is 15.5. The Morgan fingerprint density at radius 3 is 2.73 bits per heavy atom. The zero-order valence-corrected chi connectivity index (χ0v) is 8.75. The first-order chi connectivity index (χ1) is 7.22. The van der Waals surface area contributed by atoms with Gasteiger partial charge in [0.25, 0.3) is 0 Å². The zero-order chi connectivity index (χ0) is 11.1. The second-order valence-corrected chi connectivity index (χ2v) is 3.25. The number of rotatable bonds is 6. The van der Waals surface area contributed by atoms with Gasteiger partial charge in [0.2, 0.25) is 5.91 Å². The predicted molar refractivity (Wildman–Crippen MR) is 52.3 cm³/mol. The number of carbonyl (C=O) groups is 2. The molecule has 0 saturated carbocycles. The summed E-state index contributed by atoms with van der Waals surface area (Å²) in [4.78, 5) is 21.8. The summed E-state index contributed by atoms with van der Waals surface area (Å²) in [6.45, 7) is 2.01. The minimum Gasteiger partial charge on any atom is -0.468 e. The van der Waals surface area contributed by atoms with Crippen molar-refractivity contribution in [3.63, 3.8) is 0 Å². The van der Waals surface area contributed by atoms with Crippen molar-refractivity contribution in [2.24, 2.45) is 0 Å². The van der Waals surface area contributed by atoms with Crippen molar-refractivity contribution < 1.29 is 19.1 Å². The third-order valence-electron chi connectivity index (χ3n) is 2.08. The lowest BCUT2D eigenvalue weighted by atomic mass is 10.2. The van der Waals surface area contributed by atoms with Crippen LogP contribution in [0.4, 0.5) is 0 Å². The van der Waals surface area contributed by atoms with Crippen LogP contribution in [0, 0.1) is 0 Å². The molecule has 1 amide bonds. The molecular weight excluding hydrogens is 200 g/mol. The fourth-order valence-corrected chi connectivity index (χ4v) is 1.03. The summed E-state index contributed by atoms with van der Waals surface area (Å²) in [7, 11) is 1.28. The summed E-state index contributed by atoms with van der Waals surface area (Å²) < 4.78 is 9.72. The van der Waals surface area contributed by atoms with Crippen molar-refractivity contribution in [2.75, 3.05) is 33.4 Å². The maximum Gasteiger partial charge on any atom is 0.325 e. The average molecular weight is 216 g/mol. The minimum atomic E-state index is -0.451. The molecule has 0 unspecified atom stereocenters. The molecule has 6 heteroatoms. The largest absolute Gasteiger partial charge is 0.468 e. The maximum absolute atomic E-state index is 11.1. The SMILES string of the molecule is COC(=O)CNC(=O)CCOC1CNC1. The highest BCUT2D eigenvalue weighted by Gasteiger charge is 2.17. The molecule has 1 fully saturated rings. The van der Waals surface area contributed by atoms with Crippen LogP contribution in [0.1, 0.15) is 6.42 Å². The van der Waals surface area contributed by atoms with E-state index in [1.165, 1.54) is 7.11 Å². The van der Waals surface area contributed by atoms with Crippen LogP contribution >= 0.6 is 0 Å². The summed E-state index contributed by atoms with van der Waals surface area (Å²) in [6, 6.07) is 0. The first kappa shape index (κ1) is 11.9. The average Bonchev–Trinajstić information content (AvgIpc) is 2.18. The van der Waals surface area contributed by atoms with Gasteiger partial charge in [-0.3, -0.25) is 9.59 Å². The third kappa shape index (κ3) is 4.75. The van der Waals surface area contributed by atoms with Crippen molar-refractivity contribution in [2.45, 2.75) is 12.5 Å². The molecule has 0 radical (unpaired) electrons. The number of carbonyl (C=O) groups excluding carboxylic acids is 2. The topological polar surface area (TPSA) is 76.7 Å². The number of nitrogens with one attached hydrogen (secondary N) is 2. The lowest BCUT2D eigenvalue weighted by Gasteiger charge is -2.26. The summed E-state index contributed by atoms with van der Waals surface area (Å²) in [5.41, 5.74) is 0. The summed E-state index contributed by atoms with van der Waals surface area (Å²) in [5.74, 6) is -0.653. The van der Waals surface area contributed by atoms with Crippen molar-refractivity contribution in [3.8, 4) is 0 Å². The second-order valence-electron chi connectivity index (χ2n) is 3.25. The fourth-order valence-electron chi connectivity index (χ4n) is 1.03. The summed E-state index contributed by atoms with van der Waals surface area (Å²) in [6.07, 6.45) is 0.506. The van der Waals surface area contributed by atoms with E-state index in [4.69, 9.17) is 4.74 Å². The van der Waals surface area contributed by atoms with Crippen molar-refractivity contribution in [1.82, 2.24) is 10.6 Å². The van der Waals surface area contributed by atoms with Crippen LogP contribution < -0.4 is 10.6 Å². The molecule has 0 bridgehead atoms. The van der Waals surface area contributed by atoms with Crippen LogP contribution in [-0.2, 0) is 19.1 Å². The van der Waals surface area contributed by atoms with Gasteiger partial charge < -0.3 is 20.1 Å². The van der Waals surface area contributed by atoms with Crippen molar-refractivity contribution in [1.29, 1.82) is 0 Å². The van der Waals surface area contributed by atoms with Gasteiger partial charge in [-0.2, -0.15) is 0 Å². The zero-order valence-electron chi connectivity index (χ0n) is 8.75. The lowest BCUT2D eigenvalue weighted by Crippen LogP contribution is -2.48. The van der Waals surface area contributed by atoms with Crippen LogP contribution in [0.2, 0.25) is 0 Å². The molecule has 1 heterocycles. The standard InChI is InChI=1S/C9H16N2O4/c1-14-9(13)6-11-8(12)2-3-15-7-4-10-5-7/h7,10H,2-6H2,1H3,(H,11,12). The van der Waals surface area contributed by atoms with E-state index in [1.54, 1.807) is 0 Å². The van der Waals surface area contributed by atoms with Gasteiger partial charge in [-0.05, 0) is 0 Å². The number of ether oxygens (including phenoxy) is 2. The highest BCUT2D eigenvalue weighted by atomic mass is 16.5. The molecule has 15 heavy (non-hydrogen) atoms. The monoisotopic (exact) mass is 216 g/mol.